The predicted octanol–water partition coefficient (Wildman–Crippen LogP) is 18.0. The van der Waals surface area contributed by atoms with Crippen LogP contribution in [0, 0.1) is 0 Å². The molecule has 2 aliphatic carbocycles. The lowest BCUT2D eigenvalue weighted by Gasteiger charge is -2.24. The molecule has 0 N–H and O–H groups in total. The summed E-state index contributed by atoms with van der Waals surface area (Å²) in [6, 6.07) is 73.6. The highest BCUT2D eigenvalue weighted by Gasteiger charge is 2.27. The van der Waals surface area contributed by atoms with E-state index in [1.165, 1.54) is 46.2 Å². The standard InChI is InChI=1S/C64H52O4P2/c1-3-17-43(18-4-1)45-33-37-49(38-34-45)57-41-51-23-9-13-29-55(51)61(63(57)67-69-65-59-31-15-25-47-21-7-11-27-53(47)59)62-56-30-14-10-24-52(56)42-58(50-39-35-46(36-40-50)44-19-5-2-6-20-44)64(62)68-70-66-60-32-16-26-48-22-8-12-28-54(48)60/h1-6,9-10,13-20,23-26,29-42,69-70H,7-8,11-12,21-22,27-28H2. The molecule has 12 rings (SSSR count). The largest absolute Gasteiger partial charge is 0.440 e. The summed E-state index contributed by atoms with van der Waals surface area (Å²) < 4.78 is 28.0. The lowest BCUT2D eigenvalue weighted by atomic mass is 9.86. The second-order valence-electron chi connectivity index (χ2n) is 18.4. The fourth-order valence-corrected chi connectivity index (χ4v) is 11.9. The van der Waals surface area contributed by atoms with Crippen LogP contribution in [-0.2, 0) is 25.7 Å². The molecule has 0 aromatic heterocycles. The lowest BCUT2D eigenvalue weighted by molar-refractivity contribution is 0.505. The SMILES string of the molecule is c1ccc(-c2ccc(-c3cc4ccccc4c(-c4c(OPOc5cccc6c5CCCC6)c(-c5ccc(-c6ccccc6)cc5)cc5ccccc45)c3OPOc3cccc4c3CCCC4)cc2)cc1. The van der Waals surface area contributed by atoms with Crippen LogP contribution in [0.1, 0.15) is 47.9 Å². The van der Waals surface area contributed by atoms with Gasteiger partial charge in [0, 0.05) is 22.3 Å². The van der Waals surface area contributed by atoms with Gasteiger partial charge in [-0.1, -0.05) is 182 Å². The normalized spacial score (nSPS) is 13.4. The second kappa shape index (κ2) is 20.0. The van der Waals surface area contributed by atoms with Crippen LogP contribution >= 0.6 is 18.1 Å². The van der Waals surface area contributed by atoms with E-state index in [-0.39, 0.29) is 18.1 Å². The second-order valence-corrected chi connectivity index (χ2v) is 19.5. The maximum absolute atomic E-state index is 7.27. The fourth-order valence-electron chi connectivity index (χ4n) is 10.6. The van der Waals surface area contributed by atoms with Crippen LogP contribution in [0.5, 0.6) is 23.0 Å². The van der Waals surface area contributed by atoms with Gasteiger partial charge in [0.2, 0.25) is 0 Å². The first kappa shape index (κ1) is 44.0. The predicted molar refractivity (Wildman–Crippen MR) is 294 cm³/mol. The summed E-state index contributed by atoms with van der Waals surface area (Å²) in [4.78, 5) is 0. The zero-order chi connectivity index (χ0) is 46.6. The molecule has 0 heterocycles. The van der Waals surface area contributed by atoms with Crippen molar-refractivity contribution in [1.82, 2.24) is 0 Å². The quantitative estimate of drug-likeness (QED) is 0.108. The Morgan fingerprint density at radius 2 is 0.671 bits per heavy atom. The Bertz CT molecular complexity index is 3250. The van der Waals surface area contributed by atoms with Gasteiger partial charge < -0.3 is 18.1 Å². The minimum absolute atomic E-state index is 0.313. The van der Waals surface area contributed by atoms with Crippen LogP contribution < -0.4 is 18.1 Å². The molecule has 4 nitrogen and oxygen atoms in total. The minimum Gasteiger partial charge on any atom is -0.440 e. The number of hydrogen-bond acceptors (Lipinski definition) is 4. The van der Waals surface area contributed by atoms with Crippen molar-refractivity contribution < 1.29 is 18.1 Å². The van der Waals surface area contributed by atoms with Gasteiger partial charge in [-0.15, -0.1) is 0 Å². The van der Waals surface area contributed by atoms with E-state index in [9.17, 15) is 0 Å². The van der Waals surface area contributed by atoms with Crippen molar-refractivity contribution in [2.24, 2.45) is 0 Å². The third kappa shape index (κ3) is 8.84. The summed E-state index contributed by atoms with van der Waals surface area (Å²) in [6.45, 7) is 0. The van der Waals surface area contributed by atoms with Crippen molar-refractivity contribution in [3.05, 3.63) is 229 Å². The van der Waals surface area contributed by atoms with Crippen molar-refractivity contribution in [1.29, 1.82) is 0 Å². The summed E-state index contributed by atoms with van der Waals surface area (Å²) >= 11 is 0. The molecule has 0 amide bonds. The van der Waals surface area contributed by atoms with Gasteiger partial charge in [0.1, 0.15) is 23.0 Å². The van der Waals surface area contributed by atoms with E-state index >= 15 is 0 Å². The maximum atomic E-state index is 7.27. The lowest BCUT2D eigenvalue weighted by Crippen LogP contribution is -2.04. The molecule has 0 fully saturated rings. The van der Waals surface area contributed by atoms with Crippen LogP contribution in [0.4, 0.5) is 0 Å². The molecule has 0 saturated heterocycles. The van der Waals surface area contributed by atoms with E-state index in [1.807, 2.05) is 0 Å². The van der Waals surface area contributed by atoms with E-state index in [1.54, 1.807) is 0 Å². The summed E-state index contributed by atoms with van der Waals surface area (Å²) in [5.41, 5.74) is 15.9. The first-order valence-electron chi connectivity index (χ1n) is 24.6. The Morgan fingerprint density at radius 3 is 1.11 bits per heavy atom. The van der Waals surface area contributed by atoms with Gasteiger partial charge in [0.05, 0.1) is 0 Å². The monoisotopic (exact) mass is 946 g/mol. The molecule has 0 spiro atoms. The molecule has 6 heteroatoms. The number of rotatable bonds is 13. The van der Waals surface area contributed by atoms with Crippen LogP contribution in [0.25, 0.3) is 77.2 Å². The van der Waals surface area contributed by atoms with Gasteiger partial charge in [-0.25, -0.2) is 0 Å². The highest BCUT2D eigenvalue weighted by atomic mass is 31.1. The minimum atomic E-state index is -0.313. The van der Waals surface area contributed by atoms with E-state index < -0.39 is 0 Å². The van der Waals surface area contributed by atoms with E-state index in [0.29, 0.717) is 0 Å². The molecule has 342 valence electrons. The van der Waals surface area contributed by atoms with Crippen LogP contribution in [0.2, 0.25) is 0 Å². The van der Waals surface area contributed by atoms with Crippen molar-refractivity contribution >= 4 is 39.6 Å². The summed E-state index contributed by atoms with van der Waals surface area (Å²) in [5, 5.41) is 4.29. The van der Waals surface area contributed by atoms with Gasteiger partial charge in [0.15, 0.2) is 0 Å². The molecule has 2 atom stereocenters. The van der Waals surface area contributed by atoms with Gasteiger partial charge in [-0.3, -0.25) is 0 Å². The maximum Gasteiger partial charge on any atom is 0.275 e. The Morgan fingerprint density at radius 1 is 0.300 bits per heavy atom. The van der Waals surface area contributed by atoms with Gasteiger partial charge >= 0.3 is 0 Å². The molecule has 0 bridgehead atoms. The van der Waals surface area contributed by atoms with Crippen LogP contribution in [0.15, 0.2) is 206 Å². The van der Waals surface area contributed by atoms with E-state index in [2.05, 4.69) is 206 Å². The molecular formula is C64H52O4P2. The molecule has 70 heavy (non-hydrogen) atoms. The molecule has 2 unspecified atom stereocenters. The van der Waals surface area contributed by atoms with Gasteiger partial charge in [-0.05, 0) is 153 Å². The van der Waals surface area contributed by atoms with E-state index in [0.717, 1.165) is 128 Å². The topological polar surface area (TPSA) is 36.9 Å². The average Bonchev–Trinajstić information content (AvgIpc) is 3.43. The third-order valence-electron chi connectivity index (χ3n) is 14.2. The zero-order valence-electron chi connectivity index (χ0n) is 38.9. The Kier molecular flexibility index (Phi) is 12.6. The molecule has 0 aliphatic heterocycles. The number of benzene rings is 10. The molecule has 2 aliphatic rings. The van der Waals surface area contributed by atoms with Crippen molar-refractivity contribution in [3.8, 4) is 78.6 Å². The van der Waals surface area contributed by atoms with Crippen molar-refractivity contribution in [2.45, 2.75) is 51.4 Å². The molecule has 10 aromatic carbocycles. The average molecular weight is 947 g/mol. The van der Waals surface area contributed by atoms with Crippen LogP contribution in [-0.4, -0.2) is 0 Å². The number of fused-ring (bicyclic) bond motifs is 4. The number of aryl methyl sites for hydroxylation is 2. The Balaban J connectivity index is 1.07. The fraction of sp³-hybridized carbons (Fsp3) is 0.125. The summed E-state index contributed by atoms with van der Waals surface area (Å²) in [6.07, 6.45) is 8.90. The van der Waals surface area contributed by atoms with E-state index in [4.69, 9.17) is 18.1 Å². The van der Waals surface area contributed by atoms with Crippen molar-refractivity contribution in [2.75, 3.05) is 0 Å². The van der Waals surface area contributed by atoms with Gasteiger partial charge in [-0.2, -0.15) is 0 Å². The first-order valence-corrected chi connectivity index (χ1v) is 26.2. The van der Waals surface area contributed by atoms with Crippen molar-refractivity contribution in [3.63, 3.8) is 0 Å². The summed E-state index contributed by atoms with van der Waals surface area (Å²) in [7, 11) is -0.627. The summed E-state index contributed by atoms with van der Waals surface area (Å²) in [5.74, 6) is 3.29. The first-order chi connectivity index (χ1) is 34.7. The Hall–Kier alpha value is -7.22. The van der Waals surface area contributed by atoms with Crippen LogP contribution in [0.3, 0.4) is 0 Å². The number of hydrogen-bond donors (Lipinski definition) is 0. The highest BCUT2D eigenvalue weighted by molar-refractivity contribution is 7.27. The smallest absolute Gasteiger partial charge is 0.275 e. The Labute approximate surface area is 414 Å². The molecule has 0 saturated carbocycles. The molecule has 0 radical (unpaired) electrons. The molecular weight excluding hydrogens is 895 g/mol. The third-order valence-corrected chi connectivity index (χ3v) is 15.3. The highest BCUT2D eigenvalue weighted by Crippen LogP contribution is 2.55. The molecule has 10 aromatic rings. The zero-order valence-corrected chi connectivity index (χ0v) is 40.9. The van der Waals surface area contributed by atoms with Gasteiger partial charge in [0.25, 0.3) is 18.1 Å².